The average Bonchev–Trinajstić information content (AvgIpc) is 3.30. The number of hydrogen-bond acceptors (Lipinski definition) is 5. The van der Waals surface area contributed by atoms with E-state index in [9.17, 15) is 9.18 Å². The molecule has 0 radical (unpaired) electrons. The third-order valence-corrected chi connectivity index (χ3v) is 3.72. The molecule has 0 bridgehead atoms. The van der Waals surface area contributed by atoms with Crippen molar-refractivity contribution in [1.29, 1.82) is 0 Å². The molecule has 132 valence electrons. The van der Waals surface area contributed by atoms with Crippen molar-refractivity contribution in [3.63, 3.8) is 0 Å². The standard InChI is InChI=1S/C19H14FNO5/c20-14-3-1-2-4-15(14)23-10-13-6-8-17(26-13)19(22)21-12-5-7-16-18(9-12)25-11-24-16/h1-9H,10-11H2,(H,21,22). The van der Waals surface area contributed by atoms with Crippen LogP contribution in [0.1, 0.15) is 16.3 Å². The summed E-state index contributed by atoms with van der Waals surface area (Å²) in [6.07, 6.45) is 0. The van der Waals surface area contributed by atoms with Crippen molar-refractivity contribution in [2.75, 3.05) is 12.1 Å². The number of benzene rings is 2. The zero-order chi connectivity index (χ0) is 17.9. The summed E-state index contributed by atoms with van der Waals surface area (Å²) in [7, 11) is 0. The van der Waals surface area contributed by atoms with Crippen LogP contribution in [0.2, 0.25) is 0 Å². The smallest absolute Gasteiger partial charge is 0.291 e. The van der Waals surface area contributed by atoms with Crippen LogP contribution in [0, 0.1) is 5.82 Å². The minimum Gasteiger partial charge on any atom is -0.483 e. The molecule has 0 spiro atoms. The van der Waals surface area contributed by atoms with Gasteiger partial charge < -0.3 is 23.9 Å². The molecule has 2 heterocycles. The maximum absolute atomic E-state index is 13.5. The molecule has 3 aromatic rings. The number of hydrogen-bond donors (Lipinski definition) is 1. The van der Waals surface area contributed by atoms with Gasteiger partial charge in [-0.25, -0.2) is 4.39 Å². The molecular formula is C19H14FNO5. The van der Waals surface area contributed by atoms with E-state index in [1.54, 1.807) is 36.4 Å². The van der Waals surface area contributed by atoms with E-state index in [2.05, 4.69) is 5.32 Å². The van der Waals surface area contributed by atoms with E-state index >= 15 is 0 Å². The fourth-order valence-electron chi connectivity index (χ4n) is 2.46. The minimum absolute atomic E-state index is 0.0121. The maximum atomic E-state index is 13.5. The Morgan fingerprint density at radius 1 is 1.08 bits per heavy atom. The number of para-hydroxylation sites is 1. The second kappa shape index (κ2) is 6.79. The third kappa shape index (κ3) is 3.32. The van der Waals surface area contributed by atoms with Gasteiger partial charge in [-0.15, -0.1) is 0 Å². The van der Waals surface area contributed by atoms with Crippen molar-refractivity contribution in [3.8, 4) is 17.2 Å². The molecule has 26 heavy (non-hydrogen) atoms. The Morgan fingerprint density at radius 3 is 2.81 bits per heavy atom. The van der Waals surface area contributed by atoms with Crippen molar-refractivity contribution in [3.05, 3.63) is 71.9 Å². The van der Waals surface area contributed by atoms with Crippen LogP contribution in [0.25, 0.3) is 0 Å². The van der Waals surface area contributed by atoms with Crippen LogP contribution >= 0.6 is 0 Å². The molecule has 1 aliphatic heterocycles. The monoisotopic (exact) mass is 355 g/mol. The molecule has 0 saturated carbocycles. The lowest BCUT2D eigenvalue weighted by Crippen LogP contribution is -2.10. The van der Waals surface area contributed by atoms with E-state index in [1.807, 2.05) is 0 Å². The predicted molar refractivity (Wildman–Crippen MR) is 90.0 cm³/mol. The van der Waals surface area contributed by atoms with Gasteiger partial charge in [0.15, 0.2) is 28.8 Å². The summed E-state index contributed by atoms with van der Waals surface area (Å²) in [6, 6.07) is 14.3. The molecule has 0 atom stereocenters. The Kier molecular flexibility index (Phi) is 4.18. The largest absolute Gasteiger partial charge is 0.483 e. The molecule has 2 aromatic carbocycles. The van der Waals surface area contributed by atoms with Crippen LogP contribution < -0.4 is 19.5 Å². The van der Waals surface area contributed by atoms with Gasteiger partial charge in [0.25, 0.3) is 5.91 Å². The van der Waals surface area contributed by atoms with Gasteiger partial charge in [0, 0.05) is 11.8 Å². The molecule has 7 heteroatoms. The Bertz CT molecular complexity index is 953. The van der Waals surface area contributed by atoms with Crippen molar-refractivity contribution in [2.45, 2.75) is 6.61 Å². The highest BCUT2D eigenvalue weighted by Gasteiger charge is 2.16. The first-order valence-electron chi connectivity index (χ1n) is 7.86. The quantitative estimate of drug-likeness (QED) is 0.750. The molecule has 1 aromatic heterocycles. The summed E-state index contributed by atoms with van der Waals surface area (Å²) in [4.78, 5) is 12.3. The first-order chi connectivity index (χ1) is 12.7. The lowest BCUT2D eigenvalue weighted by Gasteiger charge is -2.05. The highest BCUT2D eigenvalue weighted by Crippen LogP contribution is 2.34. The summed E-state index contributed by atoms with van der Waals surface area (Å²) in [5.41, 5.74) is 0.555. The van der Waals surface area contributed by atoms with E-state index in [-0.39, 0.29) is 24.9 Å². The molecule has 1 N–H and O–H groups in total. The predicted octanol–water partition coefficient (Wildman–Crippen LogP) is 3.98. The molecule has 0 saturated heterocycles. The molecule has 0 unspecified atom stereocenters. The van der Waals surface area contributed by atoms with Crippen LogP contribution in [-0.4, -0.2) is 12.7 Å². The van der Waals surface area contributed by atoms with Crippen LogP contribution in [0.5, 0.6) is 17.2 Å². The topological polar surface area (TPSA) is 69.9 Å². The van der Waals surface area contributed by atoms with E-state index < -0.39 is 11.7 Å². The summed E-state index contributed by atoms with van der Waals surface area (Å²) in [5.74, 6) is 0.977. The van der Waals surface area contributed by atoms with Crippen molar-refractivity contribution < 1.29 is 27.8 Å². The van der Waals surface area contributed by atoms with Gasteiger partial charge in [-0.05, 0) is 36.4 Å². The number of rotatable bonds is 5. The Hall–Kier alpha value is -3.48. The Morgan fingerprint density at radius 2 is 1.92 bits per heavy atom. The van der Waals surface area contributed by atoms with Crippen LogP contribution in [0.15, 0.2) is 59.0 Å². The van der Waals surface area contributed by atoms with Gasteiger partial charge in [0.05, 0.1) is 0 Å². The number of halogens is 1. The Labute approximate surface area is 148 Å². The van der Waals surface area contributed by atoms with Gasteiger partial charge in [-0.2, -0.15) is 0 Å². The number of anilines is 1. The fourth-order valence-corrected chi connectivity index (χ4v) is 2.46. The maximum Gasteiger partial charge on any atom is 0.291 e. The number of fused-ring (bicyclic) bond motifs is 1. The van der Waals surface area contributed by atoms with Crippen LogP contribution in [0.4, 0.5) is 10.1 Å². The van der Waals surface area contributed by atoms with Gasteiger partial charge in [-0.3, -0.25) is 4.79 Å². The fraction of sp³-hybridized carbons (Fsp3) is 0.105. The average molecular weight is 355 g/mol. The second-order valence-electron chi connectivity index (χ2n) is 5.51. The second-order valence-corrected chi connectivity index (χ2v) is 5.51. The normalized spacial score (nSPS) is 12.0. The molecular weight excluding hydrogens is 341 g/mol. The summed E-state index contributed by atoms with van der Waals surface area (Å²) < 4.78 is 34.8. The molecule has 1 aliphatic rings. The van der Waals surface area contributed by atoms with Gasteiger partial charge in [0.1, 0.15) is 12.4 Å². The first-order valence-corrected chi connectivity index (χ1v) is 7.86. The van der Waals surface area contributed by atoms with Crippen molar-refractivity contribution in [1.82, 2.24) is 0 Å². The zero-order valence-electron chi connectivity index (χ0n) is 13.5. The lowest BCUT2D eigenvalue weighted by molar-refractivity contribution is 0.0992. The molecule has 4 rings (SSSR count). The Balaban J connectivity index is 1.39. The SMILES string of the molecule is O=C(Nc1ccc2c(c1)OCO2)c1ccc(COc2ccccc2F)o1. The number of amides is 1. The van der Waals surface area contributed by atoms with E-state index in [4.69, 9.17) is 18.6 Å². The molecule has 6 nitrogen and oxygen atoms in total. The molecule has 1 amide bonds. The number of carbonyl (C=O) groups is 1. The van der Waals surface area contributed by atoms with E-state index in [1.165, 1.54) is 18.2 Å². The highest BCUT2D eigenvalue weighted by molar-refractivity contribution is 6.02. The lowest BCUT2D eigenvalue weighted by atomic mass is 10.2. The first kappa shape index (κ1) is 16.0. The van der Waals surface area contributed by atoms with Crippen molar-refractivity contribution >= 4 is 11.6 Å². The summed E-state index contributed by atoms with van der Waals surface area (Å²) in [5, 5.41) is 2.72. The zero-order valence-corrected chi connectivity index (χ0v) is 13.5. The van der Waals surface area contributed by atoms with Crippen LogP contribution in [-0.2, 0) is 6.61 Å². The number of ether oxygens (including phenoxy) is 3. The van der Waals surface area contributed by atoms with E-state index in [0.717, 1.165) is 0 Å². The summed E-state index contributed by atoms with van der Waals surface area (Å²) in [6.45, 7) is 0.175. The van der Waals surface area contributed by atoms with Crippen LogP contribution in [0.3, 0.4) is 0 Å². The van der Waals surface area contributed by atoms with Gasteiger partial charge in [0.2, 0.25) is 6.79 Å². The number of carbonyl (C=O) groups excluding carboxylic acids is 1. The van der Waals surface area contributed by atoms with E-state index in [0.29, 0.717) is 22.9 Å². The van der Waals surface area contributed by atoms with Crippen molar-refractivity contribution in [2.24, 2.45) is 0 Å². The molecule has 0 aliphatic carbocycles. The minimum atomic E-state index is -0.458. The summed E-state index contributed by atoms with van der Waals surface area (Å²) >= 11 is 0. The number of furan rings is 1. The van der Waals surface area contributed by atoms with Gasteiger partial charge >= 0.3 is 0 Å². The highest BCUT2D eigenvalue weighted by atomic mass is 19.1. The third-order valence-electron chi connectivity index (χ3n) is 3.72. The number of nitrogens with one attached hydrogen (secondary N) is 1. The molecule has 0 fully saturated rings. The van der Waals surface area contributed by atoms with Gasteiger partial charge in [-0.1, -0.05) is 12.1 Å².